The molecule has 0 fully saturated rings. The van der Waals surface area contributed by atoms with Crippen molar-refractivity contribution in [1.29, 1.82) is 0 Å². The maximum Gasteiger partial charge on any atom is 0.221 e. The number of aromatic hydroxyl groups is 1. The zero-order chi connectivity index (χ0) is 13.7. The lowest BCUT2D eigenvalue weighted by Crippen LogP contribution is -2.29. The van der Waals surface area contributed by atoms with Crippen LogP contribution < -0.4 is 10.6 Å². The molecule has 4 heteroatoms. The van der Waals surface area contributed by atoms with Gasteiger partial charge in [-0.2, -0.15) is 0 Å². The van der Waals surface area contributed by atoms with Crippen molar-refractivity contribution in [2.45, 2.75) is 38.6 Å². The normalized spacial score (nSPS) is 17.2. The molecule has 1 unspecified atom stereocenters. The first kappa shape index (κ1) is 13.9. The van der Waals surface area contributed by atoms with E-state index in [1.54, 1.807) is 6.07 Å². The number of benzene rings is 1. The van der Waals surface area contributed by atoms with E-state index in [-0.39, 0.29) is 11.9 Å². The number of carbonyl (C=O) groups is 1. The van der Waals surface area contributed by atoms with E-state index in [4.69, 9.17) is 0 Å². The van der Waals surface area contributed by atoms with Crippen molar-refractivity contribution >= 4 is 5.91 Å². The van der Waals surface area contributed by atoms with Gasteiger partial charge in [0, 0.05) is 25.6 Å². The van der Waals surface area contributed by atoms with Gasteiger partial charge in [-0.3, -0.25) is 4.79 Å². The number of hydrogen-bond donors (Lipinski definition) is 3. The van der Waals surface area contributed by atoms with Crippen LogP contribution in [0.1, 0.15) is 43.4 Å². The largest absolute Gasteiger partial charge is 0.508 e. The van der Waals surface area contributed by atoms with E-state index in [1.807, 2.05) is 13.0 Å². The molecule has 0 aromatic heterocycles. The Bertz CT molecular complexity index is 446. The van der Waals surface area contributed by atoms with Gasteiger partial charge in [-0.05, 0) is 36.5 Å². The summed E-state index contributed by atoms with van der Waals surface area (Å²) in [7, 11) is 0. The van der Waals surface area contributed by atoms with E-state index in [2.05, 4.69) is 16.7 Å². The highest BCUT2D eigenvalue weighted by Gasteiger charge is 2.23. The van der Waals surface area contributed by atoms with Crippen molar-refractivity contribution in [3.8, 4) is 5.75 Å². The minimum Gasteiger partial charge on any atom is -0.508 e. The van der Waals surface area contributed by atoms with Gasteiger partial charge in [0.2, 0.25) is 5.91 Å². The monoisotopic (exact) mass is 262 g/mol. The Labute approximate surface area is 114 Å². The topological polar surface area (TPSA) is 61.4 Å². The van der Waals surface area contributed by atoms with Crippen molar-refractivity contribution in [3.05, 3.63) is 29.3 Å². The van der Waals surface area contributed by atoms with E-state index in [0.717, 1.165) is 31.4 Å². The molecule has 1 aliphatic carbocycles. The summed E-state index contributed by atoms with van der Waals surface area (Å²) in [5, 5.41) is 16.0. The van der Waals surface area contributed by atoms with Crippen molar-refractivity contribution in [2.24, 2.45) is 0 Å². The smallest absolute Gasteiger partial charge is 0.221 e. The molecular weight excluding hydrogens is 240 g/mol. The summed E-state index contributed by atoms with van der Waals surface area (Å²) in [5.74, 6) is 0.492. The van der Waals surface area contributed by atoms with Crippen LogP contribution in [0.2, 0.25) is 0 Å². The zero-order valence-electron chi connectivity index (χ0n) is 11.4. The molecule has 1 aliphatic rings. The molecule has 0 saturated heterocycles. The predicted molar refractivity (Wildman–Crippen MR) is 75.1 cm³/mol. The Morgan fingerprint density at radius 2 is 2.26 bits per heavy atom. The number of nitrogens with one attached hydrogen (secondary N) is 2. The predicted octanol–water partition coefficient (Wildman–Crippen LogP) is 1.89. The third-order valence-electron chi connectivity index (χ3n) is 3.56. The molecule has 19 heavy (non-hydrogen) atoms. The van der Waals surface area contributed by atoms with Crippen LogP contribution in [0.15, 0.2) is 18.2 Å². The Kier molecular flexibility index (Phi) is 4.80. The summed E-state index contributed by atoms with van der Waals surface area (Å²) in [6, 6.07) is 5.93. The van der Waals surface area contributed by atoms with E-state index in [1.165, 1.54) is 5.56 Å². The fraction of sp³-hybridized carbons (Fsp3) is 0.533. The van der Waals surface area contributed by atoms with Gasteiger partial charge in [0.1, 0.15) is 5.75 Å². The third kappa shape index (κ3) is 3.47. The lowest BCUT2D eigenvalue weighted by molar-refractivity contribution is -0.121. The first-order valence-corrected chi connectivity index (χ1v) is 7.03. The Balaban J connectivity index is 1.80. The fourth-order valence-corrected chi connectivity index (χ4v) is 2.56. The van der Waals surface area contributed by atoms with Gasteiger partial charge in [0.15, 0.2) is 0 Å². The molecule has 4 nitrogen and oxygen atoms in total. The SMILES string of the molecule is CCCNC(=O)CCNC1CCc2c(O)cccc21. The second-order valence-corrected chi connectivity index (χ2v) is 4.99. The van der Waals surface area contributed by atoms with Crippen LogP contribution in [-0.4, -0.2) is 24.1 Å². The van der Waals surface area contributed by atoms with Gasteiger partial charge in [0.05, 0.1) is 0 Å². The molecule has 1 atom stereocenters. The Morgan fingerprint density at radius 3 is 3.05 bits per heavy atom. The molecule has 1 aromatic rings. The van der Waals surface area contributed by atoms with Crippen LogP contribution in [-0.2, 0) is 11.2 Å². The minimum absolute atomic E-state index is 0.100. The average molecular weight is 262 g/mol. The highest BCUT2D eigenvalue weighted by molar-refractivity contribution is 5.76. The number of phenols is 1. The molecular formula is C15H22N2O2. The number of fused-ring (bicyclic) bond motifs is 1. The van der Waals surface area contributed by atoms with Crippen LogP contribution >= 0.6 is 0 Å². The molecule has 0 radical (unpaired) electrons. The quantitative estimate of drug-likeness (QED) is 0.733. The highest BCUT2D eigenvalue weighted by Crippen LogP contribution is 2.35. The first-order valence-electron chi connectivity index (χ1n) is 7.03. The van der Waals surface area contributed by atoms with E-state index >= 15 is 0 Å². The van der Waals surface area contributed by atoms with Crippen LogP contribution in [0.25, 0.3) is 0 Å². The minimum atomic E-state index is 0.100. The van der Waals surface area contributed by atoms with Crippen LogP contribution in [0.5, 0.6) is 5.75 Å². The van der Waals surface area contributed by atoms with Crippen molar-refractivity contribution in [3.63, 3.8) is 0 Å². The molecule has 0 bridgehead atoms. The summed E-state index contributed by atoms with van der Waals surface area (Å²) < 4.78 is 0. The number of rotatable bonds is 6. The summed E-state index contributed by atoms with van der Waals surface area (Å²) in [6.45, 7) is 3.47. The second-order valence-electron chi connectivity index (χ2n) is 4.99. The highest BCUT2D eigenvalue weighted by atomic mass is 16.3. The molecule has 0 spiro atoms. The average Bonchev–Trinajstić information content (AvgIpc) is 2.81. The first-order chi connectivity index (χ1) is 9.22. The fourth-order valence-electron chi connectivity index (χ4n) is 2.56. The summed E-state index contributed by atoms with van der Waals surface area (Å²) in [4.78, 5) is 11.5. The van der Waals surface area contributed by atoms with Gasteiger partial charge >= 0.3 is 0 Å². The molecule has 2 rings (SSSR count). The van der Waals surface area contributed by atoms with Crippen molar-refractivity contribution in [1.82, 2.24) is 10.6 Å². The van der Waals surface area contributed by atoms with Crippen molar-refractivity contribution in [2.75, 3.05) is 13.1 Å². The molecule has 0 heterocycles. The van der Waals surface area contributed by atoms with E-state index < -0.39 is 0 Å². The second kappa shape index (κ2) is 6.57. The van der Waals surface area contributed by atoms with E-state index in [0.29, 0.717) is 18.7 Å². The standard InChI is InChI=1S/C15H22N2O2/c1-2-9-17-15(19)8-10-16-13-7-6-12-11(13)4-3-5-14(12)18/h3-5,13,16,18H,2,6-10H2,1H3,(H,17,19). The molecule has 3 N–H and O–H groups in total. The summed E-state index contributed by atoms with van der Waals surface area (Å²) in [5.41, 5.74) is 2.23. The molecule has 1 aromatic carbocycles. The lowest BCUT2D eigenvalue weighted by atomic mass is 10.1. The Hall–Kier alpha value is -1.55. The van der Waals surface area contributed by atoms with Gasteiger partial charge < -0.3 is 15.7 Å². The van der Waals surface area contributed by atoms with Gasteiger partial charge in [-0.25, -0.2) is 0 Å². The maximum atomic E-state index is 11.5. The molecule has 104 valence electrons. The number of hydrogen-bond acceptors (Lipinski definition) is 3. The van der Waals surface area contributed by atoms with Crippen LogP contribution in [0.4, 0.5) is 0 Å². The maximum absolute atomic E-state index is 11.5. The summed E-state index contributed by atoms with van der Waals surface area (Å²) in [6.07, 6.45) is 3.37. The summed E-state index contributed by atoms with van der Waals surface area (Å²) >= 11 is 0. The number of amides is 1. The molecule has 0 saturated carbocycles. The van der Waals surface area contributed by atoms with Crippen molar-refractivity contribution < 1.29 is 9.90 Å². The third-order valence-corrected chi connectivity index (χ3v) is 3.56. The number of carbonyl (C=O) groups excluding carboxylic acids is 1. The van der Waals surface area contributed by atoms with E-state index in [9.17, 15) is 9.90 Å². The van der Waals surface area contributed by atoms with Gasteiger partial charge in [-0.15, -0.1) is 0 Å². The molecule has 1 amide bonds. The van der Waals surface area contributed by atoms with Gasteiger partial charge in [-0.1, -0.05) is 19.1 Å². The molecule has 0 aliphatic heterocycles. The van der Waals surface area contributed by atoms with Crippen LogP contribution in [0, 0.1) is 0 Å². The zero-order valence-corrected chi connectivity index (χ0v) is 11.4. The Morgan fingerprint density at radius 1 is 1.42 bits per heavy atom. The number of phenolic OH excluding ortho intramolecular Hbond substituents is 1. The lowest BCUT2D eigenvalue weighted by Gasteiger charge is -2.14. The van der Waals surface area contributed by atoms with Crippen LogP contribution in [0.3, 0.4) is 0 Å². The van der Waals surface area contributed by atoms with Gasteiger partial charge in [0.25, 0.3) is 0 Å².